The number of fused-ring (bicyclic) bond motifs is 1. The Hall–Kier alpha value is -2.01. The first-order valence-corrected chi connectivity index (χ1v) is 7.47. The predicted octanol–water partition coefficient (Wildman–Crippen LogP) is 3.06. The van der Waals surface area contributed by atoms with E-state index in [9.17, 15) is 14.7 Å². The number of rotatable bonds is 5. The number of nitrogens with one attached hydrogen (secondary N) is 1. The van der Waals surface area contributed by atoms with E-state index >= 15 is 0 Å². The van der Waals surface area contributed by atoms with Gasteiger partial charge in [0.15, 0.2) is 0 Å². The SMILES string of the molecule is CC(C)C[C@@H](NC(=O)c1c(Cl)c2ccccc2n1C)C(=O)O. The van der Waals surface area contributed by atoms with Crippen molar-refractivity contribution in [3.63, 3.8) is 0 Å². The molecule has 2 rings (SSSR count). The van der Waals surface area contributed by atoms with E-state index in [2.05, 4.69) is 5.32 Å². The molecule has 0 bridgehead atoms. The number of benzene rings is 1. The Kier molecular flexibility index (Phi) is 4.76. The van der Waals surface area contributed by atoms with Gasteiger partial charge < -0.3 is 15.0 Å². The van der Waals surface area contributed by atoms with Crippen LogP contribution < -0.4 is 5.32 Å². The lowest BCUT2D eigenvalue weighted by Crippen LogP contribution is -2.42. The number of carboxylic acids is 1. The second-order valence-corrected chi connectivity index (χ2v) is 6.11. The summed E-state index contributed by atoms with van der Waals surface area (Å²) in [5.41, 5.74) is 1.10. The van der Waals surface area contributed by atoms with E-state index < -0.39 is 17.9 Å². The quantitative estimate of drug-likeness (QED) is 0.888. The lowest BCUT2D eigenvalue weighted by Gasteiger charge is -2.17. The van der Waals surface area contributed by atoms with Crippen LogP contribution in [0, 0.1) is 5.92 Å². The molecule has 0 fully saturated rings. The number of halogens is 1. The highest BCUT2D eigenvalue weighted by Crippen LogP contribution is 2.29. The number of nitrogens with zero attached hydrogens (tertiary/aromatic N) is 1. The van der Waals surface area contributed by atoms with Crippen LogP contribution in [0.4, 0.5) is 0 Å². The Labute approximate surface area is 133 Å². The highest BCUT2D eigenvalue weighted by atomic mass is 35.5. The first kappa shape index (κ1) is 16.4. The van der Waals surface area contributed by atoms with Crippen molar-refractivity contribution in [3.05, 3.63) is 35.0 Å². The maximum absolute atomic E-state index is 12.5. The van der Waals surface area contributed by atoms with Gasteiger partial charge in [-0.1, -0.05) is 43.6 Å². The van der Waals surface area contributed by atoms with Gasteiger partial charge in [-0.15, -0.1) is 0 Å². The minimum atomic E-state index is -1.04. The van der Waals surface area contributed by atoms with Crippen molar-refractivity contribution < 1.29 is 14.7 Å². The Balaban J connectivity index is 2.35. The first-order valence-electron chi connectivity index (χ1n) is 7.09. The summed E-state index contributed by atoms with van der Waals surface area (Å²) in [6.07, 6.45) is 0.364. The van der Waals surface area contributed by atoms with E-state index in [-0.39, 0.29) is 11.6 Å². The molecular formula is C16H19ClN2O3. The molecule has 1 aromatic carbocycles. The third-order valence-corrected chi connectivity index (χ3v) is 3.95. The number of carbonyl (C=O) groups is 2. The zero-order valence-electron chi connectivity index (χ0n) is 12.8. The van der Waals surface area contributed by atoms with Crippen molar-refractivity contribution >= 4 is 34.4 Å². The van der Waals surface area contributed by atoms with Crippen molar-refractivity contribution in [2.24, 2.45) is 13.0 Å². The first-order chi connectivity index (χ1) is 10.3. The topological polar surface area (TPSA) is 71.3 Å². The average molecular weight is 323 g/mol. The summed E-state index contributed by atoms with van der Waals surface area (Å²) in [4.78, 5) is 23.8. The van der Waals surface area contributed by atoms with E-state index in [0.29, 0.717) is 11.4 Å². The molecule has 5 nitrogen and oxygen atoms in total. The number of aryl methyl sites for hydroxylation is 1. The second kappa shape index (κ2) is 6.40. The molecule has 0 spiro atoms. The number of aliphatic carboxylic acids is 1. The lowest BCUT2D eigenvalue weighted by atomic mass is 10.0. The molecule has 1 heterocycles. The molecular weight excluding hydrogens is 304 g/mol. The summed E-state index contributed by atoms with van der Waals surface area (Å²) >= 11 is 6.30. The monoisotopic (exact) mass is 322 g/mol. The predicted molar refractivity (Wildman–Crippen MR) is 86.3 cm³/mol. The van der Waals surface area contributed by atoms with Crippen molar-refractivity contribution in [2.75, 3.05) is 0 Å². The van der Waals surface area contributed by atoms with Crippen molar-refractivity contribution in [2.45, 2.75) is 26.3 Å². The van der Waals surface area contributed by atoms with E-state index in [0.717, 1.165) is 10.9 Å². The molecule has 0 aliphatic rings. The van der Waals surface area contributed by atoms with Crippen LogP contribution in [-0.2, 0) is 11.8 Å². The Bertz CT molecular complexity index is 682. The van der Waals surface area contributed by atoms with Crippen molar-refractivity contribution in [1.82, 2.24) is 9.88 Å². The fourth-order valence-electron chi connectivity index (χ4n) is 2.52. The Morgan fingerprint density at radius 2 is 1.95 bits per heavy atom. The van der Waals surface area contributed by atoms with Crippen LogP contribution in [0.5, 0.6) is 0 Å². The third kappa shape index (κ3) is 3.09. The second-order valence-electron chi connectivity index (χ2n) is 5.73. The number of hydrogen-bond donors (Lipinski definition) is 2. The van der Waals surface area contributed by atoms with E-state index in [4.69, 9.17) is 11.6 Å². The average Bonchev–Trinajstić information content (AvgIpc) is 2.70. The van der Waals surface area contributed by atoms with Crippen LogP contribution in [0.2, 0.25) is 5.02 Å². The van der Waals surface area contributed by atoms with Gasteiger partial charge in [0, 0.05) is 18.0 Å². The fourth-order valence-corrected chi connectivity index (χ4v) is 2.89. The van der Waals surface area contributed by atoms with Gasteiger partial charge in [-0.2, -0.15) is 0 Å². The molecule has 0 aliphatic carbocycles. The van der Waals surface area contributed by atoms with Crippen molar-refractivity contribution in [1.29, 1.82) is 0 Å². The van der Waals surface area contributed by atoms with Gasteiger partial charge in [-0.25, -0.2) is 4.79 Å². The minimum absolute atomic E-state index is 0.157. The molecule has 0 saturated heterocycles. The zero-order chi connectivity index (χ0) is 16.4. The molecule has 6 heteroatoms. The fraction of sp³-hybridized carbons (Fsp3) is 0.375. The van der Waals surface area contributed by atoms with E-state index in [1.807, 2.05) is 38.1 Å². The molecule has 1 atom stereocenters. The van der Waals surface area contributed by atoms with Crippen molar-refractivity contribution in [3.8, 4) is 0 Å². The van der Waals surface area contributed by atoms with Gasteiger partial charge in [0.1, 0.15) is 11.7 Å². The standard InChI is InChI=1S/C16H19ClN2O3/c1-9(2)8-11(16(21)22)18-15(20)14-13(17)10-6-4-5-7-12(10)19(14)3/h4-7,9,11H,8H2,1-3H3,(H,18,20)(H,21,22)/t11-/m1/s1. The summed E-state index contributed by atoms with van der Waals surface area (Å²) in [5.74, 6) is -1.36. The third-order valence-electron chi connectivity index (χ3n) is 3.57. The molecule has 0 radical (unpaired) electrons. The van der Waals surface area contributed by atoms with Gasteiger partial charge in [0.25, 0.3) is 5.91 Å². The van der Waals surface area contributed by atoms with E-state index in [1.165, 1.54) is 0 Å². The molecule has 0 aliphatic heterocycles. The van der Waals surface area contributed by atoms with E-state index in [1.54, 1.807) is 11.6 Å². The van der Waals surface area contributed by atoms with Gasteiger partial charge >= 0.3 is 5.97 Å². The van der Waals surface area contributed by atoms with Crippen LogP contribution in [0.15, 0.2) is 24.3 Å². The van der Waals surface area contributed by atoms with Crippen LogP contribution in [0.25, 0.3) is 10.9 Å². The van der Waals surface area contributed by atoms with Crippen LogP contribution in [0.1, 0.15) is 30.8 Å². The summed E-state index contributed by atoms with van der Waals surface area (Å²) in [6, 6.07) is 6.47. The molecule has 2 aromatic rings. The summed E-state index contributed by atoms with van der Waals surface area (Å²) < 4.78 is 1.68. The zero-order valence-corrected chi connectivity index (χ0v) is 13.5. The largest absolute Gasteiger partial charge is 0.480 e. The Morgan fingerprint density at radius 1 is 1.32 bits per heavy atom. The maximum Gasteiger partial charge on any atom is 0.326 e. The van der Waals surface area contributed by atoms with Crippen LogP contribution >= 0.6 is 11.6 Å². The molecule has 0 unspecified atom stereocenters. The minimum Gasteiger partial charge on any atom is -0.480 e. The Morgan fingerprint density at radius 3 is 2.50 bits per heavy atom. The van der Waals surface area contributed by atoms with Crippen LogP contribution in [-0.4, -0.2) is 27.6 Å². The highest BCUT2D eigenvalue weighted by molar-refractivity contribution is 6.38. The highest BCUT2D eigenvalue weighted by Gasteiger charge is 2.25. The van der Waals surface area contributed by atoms with Gasteiger partial charge in [-0.3, -0.25) is 4.79 Å². The van der Waals surface area contributed by atoms with Crippen LogP contribution in [0.3, 0.4) is 0 Å². The van der Waals surface area contributed by atoms with Gasteiger partial charge in [0.05, 0.1) is 5.02 Å². The van der Waals surface area contributed by atoms with Gasteiger partial charge in [0.2, 0.25) is 0 Å². The summed E-state index contributed by atoms with van der Waals surface area (Å²) in [7, 11) is 1.74. The molecule has 22 heavy (non-hydrogen) atoms. The lowest BCUT2D eigenvalue weighted by molar-refractivity contribution is -0.139. The number of hydrogen-bond acceptors (Lipinski definition) is 2. The number of carbonyl (C=O) groups excluding carboxylic acids is 1. The number of carboxylic acid groups (broad SMARTS) is 1. The summed E-state index contributed by atoms with van der Waals surface area (Å²) in [6.45, 7) is 3.82. The molecule has 1 amide bonds. The number of amides is 1. The number of aromatic nitrogens is 1. The maximum atomic E-state index is 12.5. The number of para-hydroxylation sites is 1. The summed E-state index contributed by atoms with van der Waals surface area (Å²) in [5, 5.41) is 12.9. The smallest absolute Gasteiger partial charge is 0.326 e. The van der Waals surface area contributed by atoms with Gasteiger partial charge in [-0.05, 0) is 18.4 Å². The molecule has 1 aromatic heterocycles. The normalized spacial score (nSPS) is 12.6. The molecule has 118 valence electrons. The molecule has 2 N–H and O–H groups in total. The molecule has 0 saturated carbocycles.